The topological polar surface area (TPSA) is 32.8 Å². The highest BCUT2D eigenvalue weighted by Crippen LogP contribution is 2.18. The van der Waals surface area contributed by atoms with Gasteiger partial charge >= 0.3 is 6.03 Å². The molecule has 5 heteroatoms. The second-order valence-electron chi connectivity index (χ2n) is 6.25. The van der Waals surface area contributed by atoms with Crippen LogP contribution in [0.5, 0.6) is 0 Å². The molecule has 1 aliphatic rings. The summed E-state index contributed by atoms with van der Waals surface area (Å²) >= 11 is 0. The minimum Gasteiger partial charge on any atom is -0.373 e. The standard InChI is InChI=1S/C18H27FN2O2/c1-4-21(14(2)3)18(22)20-11-9-16(10-12-20)23-13-15-7-5-6-8-17(15)19/h5-8,14,16H,4,9-13H2,1-3H3. The third-order valence-corrected chi connectivity index (χ3v) is 4.35. The fraction of sp³-hybridized carbons (Fsp3) is 0.611. The number of carbonyl (C=O) groups excluding carboxylic acids is 1. The van der Waals surface area contributed by atoms with Crippen LogP contribution in [-0.4, -0.2) is 47.6 Å². The van der Waals surface area contributed by atoms with Crippen LogP contribution in [0, 0.1) is 5.82 Å². The van der Waals surface area contributed by atoms with Crippen LogP contribution in [-0.2, 0) is 11.3 Å². The second-order valence-corrected chi connectivity index (χ2v) is 6.25. The molecule has 0 aromatic heterocycles. The third kappa shape index (κ3) is 4.67. The molecule has 1 fully saturated rings. The molecule has 1 aromatic rings. The number of ether oxygens (including phenoxy) is 1. The van der Waals surface area contributed by atoms with E-state index in [0.717, 1.165) is 19.4 Å². The summed E-state index contributed by atoms with van der Waals surface area (Å²) in [6.45, 7) is 8.48. The van der Waals surface area contributed by atoms with Gasteiger partial charge in [0.05, 0.1) is 12.7 Å². The molecule has 4 nitrogen and oxygen atoms in total. The van der Waals surface area contributed by atoms with Crippen molar-refractivity contribution >= 4 is 6.03 Å². The summed E-state index contributed by atoms with van der Waals surface area (Å²) in [5, 5.41) is 0. The first-order valence-electron chi connectivity index (χ1n) is 8.43. The third-order valence-electron chi connectivity index (χ3n) is 4.35. The van der Waals surface area contributed by atoms with Crippen LogP contribution >= 0.6 is 0 Å². The summed E-state index contributed by atoms with van der Waals surface area (Å²) < 4.78 is 19.4. The SMILES string of the molecule is CCN(C(=O)N1CCC(OCc2ccccc2F)CC1)C(C)C. The van der Waals surface area contributed by atoms with Crippen LogP contribution in [0.2, 0.25) is 0 Å². The van der Waals surface area contributed by atoms with Crippen molar-refractivity contribution < 1.29 is 13.9 Å². The lowest BCUT2D eigenvalue weighted by molar-refractivity contribution is 0.000154. The van der Waals surface area contributed by atoms with Gasteiger partial charge < -0.3 is 14.5 Å². The van der Waals surface area contributed by atoms with Crippen LogP contribution in [0.1, 0.15) is 39.2 Å². The number of nitrogens with zero attached hydrogens (tertiary/aromatic N) is 2. The van der Waals surface area contributed by atoms with E-state index in [1.165, 1.54) is 6.07 Å². The van der Waals surface area contributed by atoms with Gasteiger partial charge in [0.1, 0.15) is 5.82 Å². The summed E-state index contributed by atoms with van der Waals surface area (Å²) in [5.74, 6) is -0.226. The Balaban J connectivity index is 1.80. The molecule has 0 unspecified atom stereocenters. The molecule has 0 N–H and O–H groups in total. The van der Waals surface area contributed by atoms with Gasteiger partial charge in [-0.15, -0.1) is 0 Å². The fourth-order valence-electron chi connectivity index (χ4n) is 2.94. The van der Waals surface area contributed by atoms with Crippen molar-refractivity contribution in [3.05, 3.63) is 35.6 Å². The molecule has 128 valence electrons. The normalized spacial score (nSPS) is 16.0. The molecule has 23 heavy (non-hydrogen) atoms. The Kier molecular flexibility index (Phi) is 6.39. The highest BCUT2D eigenvalue weighted by molar-refractivity contribution is 5.74. The highest BCUT2D eigenvalue weighted by Gasteiger charge is 2.27. The predicted molar refractivity (Wildman–Crippen MR) is 88.7 cm³/mol. The molecule has 0 bridgehead atoms. The number of rotatable bonds is 5. The Labute approximate surface area is 138 Å². The molecule has 1 aliphatic heterocycles. The summed E-state index contributed by atoms with van der Waals surface area (Å²) in [7, 11) is 0. The average Bonchev–Trinajstić information content (AvgIpc) is 2.55. The number of hydrogen-bond donors (Lipinski definition) is 0. The maximum absolute atomic E-state index is 13.6. The second kappa shape index (κ2) is 8.29. The molecule has 0 saturated carbocycles. The maximum Gasteiger partial charge on any atom is 0.320 e. The van der Waals surface area contributed by atoms with E-state index in [4.69, 9.17) is 4.74 Å². The molecule has 1 aromatic carbocycles. The van der Waals surface area contributed by atoms with E-state index in [2.05, 4.69) is 0 Å². The number of halogens is 1. The molecule has 0 radical (unpaired) electrons. The van der Waals surface area contributed by atoms with Gasteiger partial charge in [0.25, 0.3) is 0 Å². The van der Waals surface area contributed by atoms with Gasteiger partial charge in [-0.1, -0.05) is 18.2 Å². The van der Waals surface area contributed by atoms with Crippen molar-refractivity contribution in [1.82, 2.24) is 9.80 Å². The zero-order valence-corrected chi connectivity index (χ0v) is 14.3. The van der Waals surface area contributed by atoms with Gasteiger partial charge in [-0.2, -0.15) is 0 Å². The first-order chi connectivity index (χ1) is 11.0. The lowest BCUT2D eigenvalue weighted by Gasteiger charge is -2.37. The van der Waals surface area contributed by atoms with Crippen LogP contribution in [0.3, 0.4) is 0 Å². The Hall–Kier alpha value is -1.62. The first-order valence-corrected chi connectivity index (χ1v) is 8.43. The van der Waals surface area contributed by atoms with E-state index in [1.807, 2.05) is 36.6 Å². The quantitative estimate of drug-likeness (QED) is 0.829. The summed E-state index contributed by atoms with van der Waals surface area (Å²) in [4.78, 5) is 16.2. The summed E-state index contributed by atoms with van der Waals surface area (Å²) in [6.07, 6.45) is 1.69. The largest absolute Gasteiger partial charge is 0.373 e. The Bertz CT molecular complexity index is 513. The van der Waals surface area contributed by atoms with Gasteiger partial charge in [0.15, 0.2) is 0 Å². The summed E-state index contributed by atoms with van der Waals surface area (Å²) in [6, 6.07) is 7.00. The van der Waals surface area contributed by atoms with Gasteiger partial charge in [-0.25, -0.2) is 9.18 Å². The number of amides is 2. The molecule has 1 heterocycles. The monoisotopic (exact) mass is 322 g/mol. The molecule has 2 amide bonds. The van der Waals surface area contributed by atoms with Crippen LogP contribution in [0.15, 0.2) is 24.3 Å². The van der Waals surface area contributed by atoms with Crippen molar-refractivity contribution in [2.75, 3.05) is 19.6 Å². The zero-order valence-electron chi connectivity index (χ0n) is 14.3. The number of benzene rings is 1. The van der Waals surface area contributed by atoms with Gasteiger partial charge in [-0.05, 0) is 39.7 Å². The zero-order chi connectivity index (χ0) is 16.8. The minimum absolute atomic E-state index is 0.0905. The molecular formula is C18H27FN2O2. The lowest BCUT2D eigenvalue weighted by Crippen LogP contribution is -2.49. The number of hydrogen-bond acceptors (Lipinski definition) is 2. The fourth-order valence-corrected chi connectivity index (χ4v) is 2.94. The Morgan fingerprint density at radius 2 is 2.00 bits per heavy atom. The van der Waals surface area contributed by atoms with Crippen molar-refractivity contribution in [3.63, 3.8) is 0 Å². The van der Waals surface area contributed by atoms with E-state index < -0.39 is 0 Å². The Morgan fingerprint density at radius 3 is 2.57 bits per heavy atom. The minimum atomic E-state index is -0.226. The number of likely N-dealkylation sites (tertiary alicyclic amines) is 1. The Morgan fingerprint density at radius 1 is 1.35 bits per heavy atom. The number of piperidine rings is 1. The van der Waals surface area contributed by atoms with Crippen molar-refractivity contribution in [2.45, 2.75) is 52.4 Å². The molecular weight excluding hydrogens is 295 g/mol. The van der Waals surface area contributed by atoms with Crippen LogP contribution < -0.4 is 0 Å². The van der Waals surface area contributed by atoms with E-state index in [9.17, 15) is 9.18 Å². The molecule has 1 saturated heterocycles. The van der Waals surface area contributed by atoms with Crippen molar-refractivity contribution in [1.29, 1.82) is 0 Å². The molecule has 0 spiro atoms. The van der Waals surface area contributed by atoms with Gasteiger partial charge in [0, 0.05) is 31.2 Å². The van der Waals surface area contributed by atoms with Crippen LogP contribution in [0.4, 0.5) is 9.18 Å². The van der Waals surface area contributed by atoms with E-state index in [1.54, 1.807) is 12.1 Å². The van der Waals surface area contributed by atoms with E-state index >= 15 is 0 Å². The number of carbonyl (C=O) groups is 1. The van der Waals surface area contributed by atoms with Gasteiger partial charge in [0.2, 0.25) is 0 Å². The molecule has 2 rings (SSSR count). The van der Waals surface area contributed by atoms with Crippen molar-refractivity contribution in [2.24, 2.45) is 0 Å². The first kappa shape index (κ1) is 17.7. The smallest absolute Gasteiger partial charge is 0.320 e. The molecule has 0 aliphatic carbocycles. The van der Waals surface area contributed by atoms with E-state index in [-0.39, 0.29) is 24.0 Å². The van der Waals surface area contributed by atoms with E-state index in [0.29, 0.717) is 25.3 Å². The lowest BCUT2D eigenvalue weighted by atomic mass is 10.1. The predicted octanol–water partition coefficient (Wildman–Crippen LogP) is 3.66. The summed E-state index contributed by atoms with van der Waals surface area (Å²) in [5.41, 5.74) is 0.586. The highest BCUT2D eigenvalue weighted by atomic mass is 19.1. The van der Waals surface area contributed by atoms with Crippen LogP contribution in [0.25, 0.3) is 0 Å². The molecule has 0 atom stereocenters. The maximum atomic E-state index is 13.6. The average molecular weight is 322 g/mol. The van der Waals surface area contributed by atoms with Gasteiger partial charge in [-0.3, -0.25) is 0 Å². The van der Waals surface area contributed by atoms with Crippen molar-refractivity contribution in [3.8, 4) is 0 Å². The number of urea groups is 1.